The zero-order chi connectivity index (χ0) is 15.1. The Kier molecular flexibility index (Phi) is 6.02. The summed E-state index contributed by atoms with van der Waals surface area (Å²) in [5.41, 5.74) is 1.49. The van der Waals surface area contributed by atoms with Gasteiger partial charge in [-0.2, -0.15) is 0 Å². The third-order valence-corrected chi connectivity index (χ3v) is 3.93. The van der Waals surface area contributed by atoms with Crippen LogP contribution in [0.25, 0.3) is 0 Å². The summed E-state index contributed by atoms with van der Waals surface area (Å²) < 4.78 is 13.5. The Labute approximate surface area is 131 Å². The van der Waals surface area contributed by atoms with Crippen molar-refractivity contribution in [3.63, 3.8) is 0 Å². The summed E-state index contributed by atoms with van der Waals surface area (Å²) in [6.45, 7) is 0.447. The number of pyridine rings is 1. The molecule has 0 unspecified atom stereocenters. The predicted molar refractivity (Wildman–Crippen MR) is 83.7 cm³/mol. The van der Waals surface area contributed by atoms with Gasteiger partial charge in [0.1, 0.15) is 5.82 Å². The zero-order valence-electron chi connectivity index (χ0n) is 11.2. The van der Waals surface area contributed by atoms with Gasteiger partial charge in [-0.1, -0.05) is 23.7 Å². The minimum atomic E-state index is -0.342. The largest absolute Gasteiger partial charge is 0.351 e. The number of halogens is 2. The van der Waals surface area contributed by atoms with E-state index in [9.17, 15) is 9.18 Å². The van der Waals surface area contributed by atoms with Crippen molar-refractivity contribution in [3.8, 4) is 0 Å². The number of hydrogen-bond acceptors (Lipinski definition) is 3. The lowest BCUT2D eigenvalue weighted by Gasteiger charge is -2.06. The Morgan fingerprint density at radius 3 is 2.95 bits per heavy atom. The molecule has 1 aromatic heterocycles. The van der Waals surface area contributed by atoms with Crippen molar-refractivity contribution in [2.45, 2.75) is 12.3 Å². The van der Waals surface area contributed by atoms with Crippen LogP contribution in [0.5, 0.6) is 0 Å². The number of rotatable bonds is 6. The van der Waals surface area contributed by atoms with Gasteiger partial charge in [-0.15, -0.1) is 11.8 Å². The molecule has 110 valence electrons. The lowest BCUT2D eigenvalue weighted by atomic mass is 10.2. The number of hydrogen-bond donors (Lipinski definition) is 1. The minimum absolute atomic E-state index is 0.0850. The normalized spacial score (nSPS) is 10.4. The Hall–Kier alpha value is -1.59. The molecule has 0 fully saturated rings. The number of amides is 1. The van der Waals surface area contributed by atoms with E-state index in [1.807, 2.05) is 12.1 Å². The number of thioether (sulfide) groups is 1. The van der Waals surface area contributed by atoms with Crippen LogP contribution in [0.4, 0.5) is 4.39 Å². The van der Waals surface area contributed by atoms with Crippen LogP contribution >= 0.6 is 23.4 Å². The molecule has 3 nitrogen and oxygen atoms in total. The molecule has 1 amide bonds. The second-order valence-electron chi connectivity index (χ2n) is 4.37. The van der Waals surface area contributed by atoms with Crippen LogP contribution in [0.1, 0.15) is 11.1 Å². The Morgan fingerprint density at radius 2 is 2.24 bits per heavy atom. The second kappa shape index (κ2) is 8.00. The fourth-order valence-corrected chi connectivity index (χ4v) is 2.65. The summed E-state index contributed by atoms with van der Waals surface area (Å²) in [6.07, 6.45) is 3.39. The summed E-state index contributed by atoms with van der Waals surface area (Å²) in [7, 11) is 0. The molecule has 1 N–H and O–H groups in total. The molecule has 1 aromatic carbocycles. The Morgan fingerprint density at radius 1 is 1.38 bits per heavy atom. The van der Waals surface area contributed by atoms with Gasteiger partial charge in [0.25, 0.3) is 0 Å². The predicted octanol–water partition coefficient (Wildman–Crippen LogP) is 3.42. The fraction of sp³-hybridized carbons (Fsp3) is 0.200. The van der Waals surface area contributed by atoms with Crippen LogP contribution in [0, 0.1) is 5.82 Å². The number of benzene rings is 1. The molecule has 0 radical (unpaired) electrons. The number of carbonyl (C=O) groups is 1. The first-order valence-corrected chi connectivity index (χ1v) is 7.85. The van der Waals surface area contributed by atoms with Gasteiger partial charge < -0.3 is 5.32 Å². The average Bonchev–Trinajstić information content (AvgIpc) is 2.48. The highest BCUT2D eigenvalue weighted by Crippen LogP contribution is 2.19. The molecule has 0 saturated carbocycles. The summed E-state index contributed by atoms with van der Waals surface area (Å²) >= 11 is 7.04. The molecular formula is C15H14ClFN2OS. The molecule has 0 aliphatic carbocycles. The molecule has 21 heavy (non-hydrogen) atoms. The monoisotopic (exact) mass is 324 g/mol. The van der Waals surface area contributed by atoms with Crippen LogP contribution < -0.4 is 5.32 Å². The molecule has 1 heterocycles. The standard InChI is InChI=1S/C15H14ClFN2OS/c16-13-4-3-12(14(17)6-13)9-21-10-15(20)19-8-11-2-1-5-18-7-11/h1-7H,8-10H2,(H,19,20). The van der Waals surface area contributed by atoms with Crippen LogP contribution in [-0.4, -0.2) is 16.6 Å². The minimum Gasteiger partial charge on any atom is -0.351 e. The molecule has 0 aliphatic rings. The molecule has 2 rings (SSSR count). The van der Waals surface area contributed by atoms with E-state index in [1.54, 1.807) is 24.5 Å². The number of nitrogens with zero attached hydrogens (tertiary/aromatic N) is 1. The SMILES string of the molecule is O=C(CSCc1ccc(Cl)cc1F)NCc1cccnc1. The van der Waals surface area contributed by atoms with Gasteiger partial charge in [0.2, 0.25) is 5.91 Å². The van der Waals surface area contributed by atoms with E-state index in [0.717, 1.165) is 5.56 Å². The van der Waals surface area contributed by atoms with Crippen LogP contribution in [0.15, 0.2) is 42.7 Å². The van der Waals surface area contributed by atoms with Crippen LogP contribution in [0.2, 0.25) is 5.02 Å². The quantitative estimate of drug-likeness (QED) is 0.885. The van der Waals surface area contributed by atoms with Gasteiger partial charge in [-0.25, -0.2) is 4.39 Å². The second-order valence-corrected chi connectivity index (χ2v) is 5.79. The topological polar surface area (TPSA) is 42.0 Å². The highest BCUT2D eigenvalue weighted by Gasteiger charge is 2.06. The Balaban J connectivity index is 1.72. The van der Waals surface area contributed by atoms with Crippen LogP contribution in [0.3, 0.4) is 0 Å². The Bertz CT molecular complexity index is 610. The lowest BCUT2D eigenvalue weighted by molar-refractivity contribution is -0.118. The third-order valence-electron chi connectivity index (χ3n) is 2.72. The van der Waals surface area contributed by atoms with E-state index >= 15 is 0 Å². The highest BCUT2D eigenvalue weighted by molar-refractivity contribution is 7.99. The highest BCUT2D eigenvalue weighted by atomic mass is 35.5. The van der Waals surface area contributed by atoms with Gasteiger partial charge in [0, 0.05) is 29.7 Å². The maximum atomic E-state index is 13.5. The van der Waals surface area contributed by atoms with Crippen molar-refractivity contribution >= 4 is 29.3 Å². The third kappa shape index (κ3) is 5.36. The van der Waals surface area contributed by atoms with Gasteiger partial charge in [-0.05, 0) is 29.3 Å². The smallest absolute Gasteiger partial charge is 0.230 e. The van der Waals surface area contributed by atoms with E-state index in [1.165, 1.54) is 17.8 Å². The van der Waals surface area contributed by atoms with E-state index in [-0.39, 0.29) is 17.5 Å². The first-order valence-electron chi connectivity index (χ1n) is 6.32. The maximum Gasteiger partial charge on any atom is 0.230 e. The summed E-state index contributed by atoms with van der Waals surface area (Å²) in [4.78, 5) is 15.7. The van der Waals surface area contributed by atoms with Crippen molar-refractivity contribution in [2.24, 2.45) is 0 Å². The molecule has 0 saturated heterocycles. The summed E-state index contributed by atoms with van der Waals surface area (Å²) in [5, 5.41) is 3.17. The van der Waals surface area contributed by atoms with Crippen molar-refractivity contribution < 1.29 is 9.18 Å². The van der Waals surface area contributed by atoms with E-state index in [0.29, 0.717) is 22.9 Å². The molecule has 0 aliphatic heterocycles. The molecule has 2 aromatic rings. The first-order chi connectivity index (χ1) is 10.1. The van der Waals surface area contributed by atoms with Gasteiger partial charge in [-0.3, -0.25) is 9.78 Å². The molecule has 0 atom stereocenters. The summed E-state index contributed by atoms with van der Waals surface area (Å²) in [5.74, 6) is 0.287. The van der Waals surface area contributed by atoms with Crippen molar-refractivity contribution in [1.82, 2.24) is 10.3 Å². The van der Waals surface area contributed by atoms with Gasteiger partial charge in [0.05, 0.1) is 5.75 Å². The maximum absolute atomic E-state index is 13.5. The molecule has 6 heteroatoms. The van der Waals surface area contributed by atoms with Crippen molar-refractivity contribution in [1.29, 1.82) is 0 Å². The molecule has 0 bridgehead atoms. The van der Waals surface area contributed by atoms with Crippen molar-refractivity contribution in [3.05, 3.63) is 64.7 Å². The van der Waals surface area contributed by atoms with Crippen molar-refractivity contribution in [2.75, 3.05) is 5.75 Å². The van der Waals surface area contributed by atoms with E-state index in [2.05, 4.69) is 10.3 Å². The average molecular weight is 325 g/mol. The number of aromatic nitrogens is 1. The van der Waals surface area contributed by atoms with Gasteiger partial charge in [0.15, 0.2) is 0 Å². The lowest BCUT2D eigenvalue weighted by Crippen LogP contribution is -2.24. The molecular weight excluding hydrogens is 311 g/mol. The molecule has 0 spiro atoms. The van der Waals surface area contributed by atoms with E-state index in [4.69, 9.17) is 11.6 Å². The van der Waals surface area contributed by atoms with Crippen LogP contribution in [-0.2, 0) is 17.1 Å². The summed E-state index contributed by atoms with van der Waals surface area (Å²) in [6, 6.07) is 8.27. The first kappa shape index (κ1) is 15.8. The number of carbonyl (C=O) groups excluding carboxylic acids is 1. The number of nitrogens with one attached hydrogen (secondary N) is 1. The van der Waals surface area contributed by atoms with E-state index < -0.39 is 0 Å². The zero-order valence-corrected chi connectivity index (χ0v) is 12.8. The van der Waals surface area contributed by atoms with Gasteiger partial charge >= 0.3 is 0 Å². The fourth-order valence-electron chi connectivity index (χ4n) is 1.65.